The lowest BCUT2D eigenvalue weighted by atomic mass is 9.79. The summed E-state index contributed by atoms with van der Waals surface area (Å²) < 4.78 is 0. The fraction of sp³-hybridized carbons (Fsp3) is 0.778. The smallest absolute Gasteiger partial charge is 0.142 e. The maximum atomic E-state index is 11.2. The van der Waals surface area contributed by atoms with Crippen LogP contribution in [0.4, 0.5) is 0 Å². The molecule has 2 fully saturated rings. The summed E-state index contributed by atoms with van der Waals surface area (Å²) in [5, 5.41) is 3.29. The Morgan fingerprint density at radius 2 is 1.83 bits per heavy atom. The van der Waals surface area contributed by atoms with Gasteiger partial charge in [-0.3, -0.25) is 9.59 Å². The Kier molecular flexibility index (Phi) is 1.76. The summed E-state index contributed by atoms with van der Waals surface area (Å²) in [6, 6.07) is 0. The van der Waals surface area contributed by atoms with Crippen LogP contribution in [0.2, 0.25) is 0 Å². The van der Waals surface area contributed by atoms with Gasteiger partial charge in [-0.05, 0) is 19.4 Å². The summed E-state index contributed by atoms with van der Waals surface area (Å²) in [6.45, 7) is 0.959. The highest BCUT2D eigenvalue weighted by Crippen LogP contribution is 2.31. The molecule has 66 valence electrons. The van der Waals surface area contributed by atoms with E-state index in [0.29, 0.717) is 12.8 Å². The first-order valence-corrected chi connectivity index (χ1v) is 4.49. The molecule has 0 bridgehead atoms. The van der Waals surface area contributed by atoms with Crippen LogP contribution in [0, 0.1) is 0 Å². The van der Waals surface area contributed by atoms with Crippen molar-refractivity contribution in [3.05, 3.63) is 0 Å². The van der Waals surface area contributed by atoms with Crippen molar-refractivity contribution < 1.29 is 9.59 Å². The molecule has 0 aromatic carbocycles. The molecular formula is C9H13NO2. The Balaban J connectivity index is 2.14. The number of nitrogens with one attached hydrogen (secondary N) is 1. The van der Waals surface area contributed by atoms with E-state index in [0.717, 1.165) is 19.4 Å². The summed E-state index contributed by atoms with van der Waals surface area (Å²) in [5.41, 5.74) is -0.133. The molecule has 1 saturated carbocycles. The Hall–Kier alpha value is -0.700. The van der Waals surface area contributed by atoms with Gasteiger partial charge in [0.15, 0.2) is 0 Å². The predicted molar refractivity (Wildman–Crippen MR) is 43.8 cm³/mol. The number of ketones is 2. The second-order valence-electron chi connectivity index (χ2n) is 3.92. The van der Waals surface area contributed by atoms with Gasteiger partial charge in [-0.15, -0.1) is 0 Å². The van der Waals surface area contributed by atoms with E-state index in [2.05, 4.69) is 5.32 Å². The van der Waals surface area contributed by atoms with Crippen LogP contribution in [0.1, 0.15) is 32.1 Å². The van der Waals surface area contributed by atoms with Crippen molar-refractivity contribution >= 4 is 11.6 Å². The lowest BCUT2D eigenvalue weighted by Crippen LogP contribution is -2.47. The molecule has 2 rings (SSSR count). The van der Waals surface area contributed by atoms with E-state index < -0.39 is 0 Å². The van der Waals surface area contributed by atoms with Gasteiger partial charge in [0.2, 0.25) is 0 Å². The van der Waals surface area contributed by atoms with Gasteiger partial charge in [0.05, 0.1) is 6.42 Å². The van der Waals surface area contributed by atoms with Gasteiger partial charge >= 0.3 is 0 Å². The normalized spacial score (nSPS) is 28.3. The zero-order chi connectivity index (χ0) is 8.60. The van der Waals surface area contributed by atoms with E-state index in [9.17, 15) is 9.59 Å². The van der Waals surface area contributed by atoms with Gasteiger partial charge in [-0.25, -0.2) is 0 Å². The van der Waals surface area contributed by atoms with E-state index >= 15 is 0 Å². The van der Waals surface area contributed by atoms with Crippen LogP contribution in [0.3, 0.4) is 0 Å². The highest BCUT2D eigenvalue weighted by molar-refractivity contribution is 6.02. The Morgan fingerprint density at radius 1 is 1.17 bits per heavy atom. The van der Waals surface area contributed by atoms with Gasteiger partial charge in [0, 0.05) is 18.4 Å². The van der Waals surface area contributed by atoms with Crippen LogP contribution in [0.25, 0.3) is 0 Å². The molecule has 0 amide bonds. The van der Waals surface area contributed by atoms with Gasteiger partial charge in [0.25, 0.3) is 0 Å². The van der Waals surface area contributed by atoms with Crippen molar-refractivity contribution in [2.45, 2.75) is 37.6 Å². The molecule has 1 aliphatic carbocycles. The Labute approximate surface area is 71.5 Å². The minimum absolute atomic E-state index is 0.112. The number of hydrogen-bond acceptors (Lipinski definition) is 3. The number of Topliss-reactive ketones (excluding diaryl/α,β-unsaturated/α-hetero) is 2. The molecule has 2 aliphatic rings. The highest BCUT2D eigenvalue weighted by atomic mass is 16.1. The SMILES string of the molecule is O=C1CC(=O)CC2(CCCN2)C1. The predicted octanol–water partition coefficient (Wildman–Crippen LogP) is 0.431. The zero-order valence-electron chi connectivity index (χ0n) is 7.06. The first kappa shape index (κ1) is 7.92. The largest absolute Gasteiger partial charge is 0.310 e. The fourth-order valence-corrected chi connectivity index (χ4v) is 2.33. The average Bonchev–Trinajstić information content (AvgIpc) is 2.33. The van der Waals surface area contributed by atoms with E-state index in [1.165, 1.54) is 0 Å². The van der Waals surface area contributed by atoms with Crippen LogP contribution in [-0.4, -0.2) is 23.7 Å². The Morgan fingerprint density at radius 3 is 2.33 bits per heavy atom. The summed E-state index contributed by atoms with van der Waals surface area (Å²) in [7, 11) is 0. The van der Waals surface area contributed by atoms with Gasteiger partial charge in [0.1, 0.15) is 11.6 Å². The third-order valence-corrected chi connectivity index (χ3v) is 2.80. The van der Waals surface area contributed by atoms with Crippen molar-refractivity contribution in [1.82, 2.24) is 5.32 Å². The first-order valence-electron chi connectivity index (χ1n) is 4.49. The van der Waals surface area contributed by atoms with Crippen molar-refractivity contribution in [1.29, 1.82) is 0 Å². The minimum Gasteiger partial charge on any atom is -0.310 e. The van der Waals surface area contributed by atoms with Gasteiger partial charge in [-0.1, -0.05) is 0 Å². The third kappa shape index (κ3) is 1.29. The molecule has 1 spiro atoms. The summed E-state index contributed by atoms with van der Waals surface area (Å²) in [6.07, 6.45) is 3.39. The third-order valence-electron chi connectivity index (χ3n) is 2.80. The molecule has 1 N–H and O–H groups in total. The molecular weight excluding hydrogens is 154 g/mol. The molecule has 3 nitrogen and oxygen atoms in total. The van der Waals surface area contributed by atoms with Crippen LogP contribution in [-0.2, 0) is 9.59 Å². The van der Waals surface area contributed by atoms with Crippen LogP contribution >= 0.6 is 0 Å². The van der Waals surface area contributed by atoms with Crippen molar-refractivity contribution in [2.75, 3.05) is 6.54 Å². The quantitative estimate of drug-likeness (QED) is 0.532. The second kappa shape index (κ2) is 2.66. The highest BCUT2D eigenvalue weighted by Gasteiger charge is 2.41. The molecule has 0 atom stereocenters. The molecule has 3 heteroatoms. The lowest BCUT2D eigenvalue weighted by molar-refractivity contribution is -0.132. The monoisotopic (exact) mass is 167 g/mol. The van der Waals surface area contributed by atoms with Crippen molar-refractivity contribution in [2.24, 2.45) is 0 Å². The summed E-state index contributed by atoms with van der Waals surface area (Å²) >= 11 is 0. The standard InChI is InChI=1S/C9H13NO2/c11-7-4-8(12)6-9(5-7)2-1-3-10-9/h10H,1-6H2. The van der Waals surface area contributed by atoms with E-state index in [1.54, 1.807) is 0 Å². The minimum atomic E-state index is -0.133. The summed E-state index contributed by atoms with van der Waals surface area (Å²) in [4.78, 5) is 22.3. The number of carbonyl (C=O) groups excluding carboxylic acids is 2. The van der Waals surface area contributed by atoms with Crippen LogP contribution in [0.15, 0.2) is 0 Å². The number of hydrogen-bond donors (Lipinski definition) is 1. The molecule has 0 unspecified atom stereocenters. The van der Waals surface area contributed by atoms with Crippen LogP contribution < -0.4 is 5.32 Å². The van der Waals surface area contributed by atoms with Crippen molar-refractivity contribution in [3.63, 3.8) is 0 Å². The maximum Gasteiger partial charge on any atom is 0.142 e. The molecule has 0 aromatic heterocycles. The molecule has 0 radical (unpaired) electrons. The second-order valence-corrected chi connectivity index (χ2v) is 3.92. The van der Waals surface area contributed by atoms with Gasteiger partial charge in [-0.2, -0.15) is 0 Å². The maximum absolute atomic E-state index is 11.2. The molecule has 0 aromatic rings. The zero-order valence-corrected chi connectivity index (χ0v) is 7.06. The topological polar surface area (TPSA) is 46.2 Å². The first-order chi connectivity index (χ1) is 5.70. The van der Waals surface area contributed by atoms with E-state index in [-0.39, 0.29) is 23.5 Å². The Bertz CT molecular complexity index is 211. The molecule has 1 aliphatic heterocycles. The molecule has 12 heavy (non-hydrogen) atoms. The average molecular weight is 167 g/mol. The fourth-order valence-electron chi connectivity index (χ4n) is 2.33. The summed E-state index contributed by atoms with van der Waals surface area (Å²) in [5.74, 6) is 0.223. The van der Waals surface area contributed by atoms with Crippen molar-refractivity contribution in [3.8, 4) is 0 Å². The van der Waals surface area contributed by atoms with E-state index in [4.69, 9.17) is 0 Å². The van der Waals surface area contributed by atoms with Crippen LogP contribution in [0.5, 0.6) is 0 Å². The van der Waals surface area contributed by atoms with E-state index in [1.807, 2.05) is 0 Å². The number of carbonyl (C=O) groups is 2. The lowest BCUT2D eigenvalue weighted by Gasteiger charge is -2.31. The van der Waals surface area contributed by atoms with Gasteiger partial charge < -0.3 is 5.32 Å². The molecule has 1 heterocycles. The molecule has 1 saturated heterocycles. The number of rotatable bonds is 0.